The fourth-order valence-corrected chi connectivity index (χ4v) is 0.506. The maximum absolute atomic E-state index is 9.71. The first-order valence-corrected chi connectivity index (χ1v) is 4.04. The quantitative estimate of drug-likeness (QED) is 0.304. The molecule has 0 spiro atoms. The summed E-state index contributed by atoms with van der Waals surface area (Å²) in [5, 5.41) is 0. The Hall–Kier alpha value is -1.06. The van der Waals surface area contributed by atoms with E-state index < -0.39 is 0 Å². The number of hydrogen-bond donors (Lipinski definition) is 1. The lowest BCUT2D eigenvalue weighted by molar-refractivity contribution is -0.132. The molecule has 0 amide bonds. The monoisotopic (exact) mass is 174 g/mol. The summed E-state index contributed by atoms with van der Waals surface area (Å²) in [4.78, 5) is 17.8. The summed E-state index contributed by atoms with van der Waals surface area (Å²) in [6, 6.07) is 0. The van der Waals surface area contributed by atoms with E-state index in [1.165, 1.54) is 0 Å². The zero-order chi connectivity index (χ0) is 9.98. The SMILES string of the molecule is CC.CN=C(NOC=O)C(C)C. The van der Waals surface area contributed by atoms with Gasteiger partial charge in [0.15, 0.2) is 0 Å². The maximum Gasteiger partial charge on any atom is 0.320 e. The Morgan fingerprint density at radius 2 is 2.00 bits per heavy atom. The summed E-state index contributed by atoms with van der Waals surface area (Å²) in [6.07, 6.45) is 0. The van der Waals surface area contributed by atoms with Gasteiger partial charge in [-0.15, -0.1) is 0 Å². The van der Waals surface area contributed by atoms with Crippen molar-refractivity contribution in [1.29, 1.82) is 0 Å². The molecular weight excluding hydrogens is 156 g/mol. The number of rotatable bonds is 3. The lowest BCUT2D eigenvalue weighted by atomic mass is 10.2. The van der Waals surface area contributed by atoms with E-state index in [0.717, 1.165) is 0 Å². The van der Waals surface area contributed by atoms with Crippen LogP contribution in [0.3, 0.4) is 0 Å². The van der Waals surface area contributed by atoms with Crippen molar-refractivity contribution in [1.82, 2.24) is 5.48 Å². The van der Waals surface area contributed by atoms with Crippen LogP contribution in [0.5, 0.6) is 0 Å². The molecule has 4 nitrogen and oxygen atoms in total. The van der Waals surface area contributed by atoms with Crippen LogP contribution < -0.4 is 5.48 Å². The summed E-state index contributed by atoms with van der Waals surface area (Å²) in [5.41, 5.74) is 2.40. The van der Waals surface area contributed by atoms with E-state index in [9.17, 15) is 4.79 Å². The summed E-state index contributed by atoms with van der Waals surface area (Å²) in [6.45, 7) is 8.22. The molecule has 0 rings (SSSR count). The highest BCUT2D eigenvalue weighted by Gasteiger charge is 2.01. The van der Waals surface area contributed by atoms with E-state index in [1.807, 2.05) is 27.7 Å². The highest BCUT2D eigenvalue weighted by molar-refractivity contribution is 5.83. The topological polar surface area (TPSA) is 50.7 Å². The van der Waals surface area contributed by atoms with Crippen LogP contribution >= 0.6 is 0 Å². The molecule has 0 aliphatic carbocycles. The number of amidine groups is 1. The van der Waals surface area contributed by atoms with Crippen LogP contribution in [0.1, 0.15) is 27.7 Å². The minimum atomic E-state index is 0.241. The van der Waals surface area contributed by atoms with Gasteiger partial charge in [0.05, 0.1) is 0 Å². The Morgan fingerprint density at radius 1 is 1.50 bits per heavy atom. The van der Waals surface area contributed by atoms with Crippen molar-refractivity contribution in [2.75, 3.05) is 7.05 Å². The third-order valence-electron chi connectivity index (χ3n) is 0.999. The minimum Gasteiger partial charge on any atom is -0.346 e. The Balaban J connectivity index is 0. The largest absolute Gasteiger partial charge is 0.346 e. The van der Waals surface area contributed by atoms with Gasteiger partial charge in [-0.25, -0.2) is 5.48 Å². The average Bonchev–Trinajstić information content (AvgIpc) is 2.09. The fourth-order valence-electron chi connectivity index (χ4n) is 0.506. The highest BCUT2D eigenvalue weighted by atomic mass is 16.7. The van der Waals surface area contributed by atoms with Crippen LogP contribution in [0.4, 0.5) is 0 Å². The van der Waals surface area contributed by atoms with E-state index in [2.05, 4.69) is 15.3 Å². The summed E-state index contributed by atoms with van der Waals surface area (Å²) in [7, 11) is 1.64. The van der Waals surface area contributed by atoms with Crippen LogP contribution in [0.25, 0.3) is 0 Å². The van der Waals surface area contributed by atoms with Crippen LogP contribution in [-0.2, 0) is 9.63 Å². The Kier molecular flexibility index (Phi) is 11.2. The second-order valence-electron chi connectivity index (χ2n) is 2.08. The van der Waals surface area contributed by atoms with Crippen molar-refractivity contribution >= 4 is 12.3 Å². The molecule has 0 heterocycles. The number of nitrogens with one attached hydrogen (secondary N) is 1. The van der Waals surface area contributed by atoms with E-state index in [0.29, 0.717) is 12.3 Å². The van der Waals surface area contributed by atoms with Crippen molar-refractivity contribution in [2.45, 2.75) is 27.7 Å². The van der Waals surface area contributed by atoms with Gasteiger partial charge in [-0.05, 0) is 0 Å². The van der Waals surface area contributed by atoms with Gasteiger partial charge in [0, 0.05) is 13.0 Å². The molecule has 72 valence electrons. The van der Waals surface area contributed by atoms with Crippen LogP contribution in [0.15, 0.2) is 4.99 Å². The number of aliphatic imine (C=N–C) groups is 1. The van der Waals surface area contributed by atoms with Crippen molar-refractivity contribution in [3.05, 3.63) is 0 Å². The Bertz CT molecular complexity index is 133. The van der Waals surface area contributed by atoms with Crippen LogP contribution in [0.2, 0.25) is 0 Å². The van der Waals surface area contributed by atoms with Gasteiger partial charge in [-0.3, -0.25) is 9.79 Å². The highest BCUT2D eigenvalue weighted by Crippen LogP contribution is 1.92. The van der Waals surface area contributed by atoms with Gasteiger partial charge in [0.2, 0.25) is 0 Å². The molecule has 0 saturated carbocycles. The number of hydrogen-bond acceptors (Lipinski definition) is 3. The van der Waals surface area contributed by atoms with Gasteiger partial charge in [0.25, 0.3) is 0 Å². The molecule has 0 fully saturated rings. The summed E-state index contributed by atoms with van der Waals surface area (Å²) in [5.74, 6) is 0.900. The summed E-state index contributed by atoms with van der Waals surface area (Å²) < 4.78 is 0. The molecule has 4 heteroatoms. The van der Waals surface area contributed by atoms with Gasteiger partial charge in [-0.1, -0.05) is 27.7 Å². The van der Waals surface area contributed by atoms with E-state index in [4.69, 9.17) is 0 Å². The van der Waals surface area contributed by atoms with E-state index in [-0.39, 0.29) is 5.92 Å². The third kappa shape index (κ3) is 7.05. The van der Waals surface area contributed by atoms with Crippen LogP contribution in [-0.4, -0.2) is 19.4 Å². The predicted octanol–water partition coefficient (Wildman–Crippen LogP) is 1.37. The molecule has 0 aliphatic rings. The molecule has 0 aromatic heterocycles. The molecule has 0 aromatic rings. The van der Waals surface area contributed by atoms with Gasteiger partial charge in [-0.2, -0.15) is 0 Å². The number of hydroxylamine groups is 1. The normalized spacial score (nSPS) is 10.0. The molecule has 0 saturated heterocycles. The van der Waals surface area contributed by atoms with E-state index >= 15 is 0 Å². The van der Waals surface area contributed by atoms with Crippen molar-refractivity contribution in [3.63, 3.8) is 0 Å². The van der Waals surface area contributed by atoms with Crippen molar-refractivity contribution in [3.8, 4) is 0 Å². The second kappa shape index (κ2) is 9.94. The molecule has 0 aromatic carbocycles. The Labute approximate surface area is 74.0 Å². The first-order chi connectivity index (χ1) is 5.72. The van der Waals surface area contributed by atoms with Crippen LogP contribution in [0, 0.1) is 5.92 Å². The number of nitrogens with zero attached hydrogens (tertiary/aromatic N) is 1. The van der Waals surface area contributed by atoms with Crippen molar-refractivity contribution < 1.29 is 9.63 Å². The second-order valence-corrected chi connectivity index (χ2v) is 2.08. The predicted molar refractivity (Wildman–Crippen MR) is 49.8 cm³/mol. The smallest absolute Gasteiger partial charge is 0.320 e. The molecule has 0 radical (unpaired) electrons. The number of carbonyl (C=O) groups is 1. The van der Waals surface area contributed by atoms with Gasteiger partial charge in [0.1, 0.15) is 5.84 Å². The van der Waals surface area contributed by atoms with Gasteiger partial charge < -0.3 is 4.84 Å². The molecule has 0 atom stereocenters. The zero-order valence-corrected chi connectivity index (χ0v) is 8.42. The first kappa shape index (κ1) is 13.5. The molecule has 0 unspecified atom stereocenters. The number of carbonyl (C=O) groups excluding carboxylic acids is 1. The molecule has 0 aliphatic heterocycles. The standard InChI is InChI=1S/C6H12N2O2.C2H6/c1-5(2)6(7-3)8-10-4-9;1-2/h4-5H,1-3H3,(H,7,8);1-2H3. The zero-order valence-electron chi connectivity index (χ0n) is 8.42. The third-order valence-corrected chi connectivity index (χ3v) is 0.999. The first-order valence-electron chi connectivity index (χ1n) is 4.04. The van der Waals surface area contributed by atoms with E-state index in [1.54, 1.807) is 7.05 Å². The minimum absolute atomic E-state index is 0.241. The maximum atomic E-state index is 9.71. The molecule has 1 N–H and O–H groups in total. The lowest BCUT2D eigenvalue weighted by Gasteiger charge is -2.08. The average molecular weight is 174 g/mol. The fraction of sp³-hybridized carbons (Fsp3) is 0.750. The molecular formula is C8H18N2O2. The molecule has 0 bridgehead atoms. The lowest BCUT2D eigenvalue weighted by Crippen LogP contribution is -2.27. The van der Waals surface area contributed by atoms with Gasteiger partial charge >= 0.3 is 6.47 Å². The van der Waals surface area contributed by atoms with Crippen molar-refractivity contribution in [2.24, 2.45) is 10.9 Å². The molecule has 12 heavy (non-hydrogen) atoms. The summed E-state index contributed by atoms with van der Waals surface area (Å²) >= 11 is 0. The Morgan fingerprint density at radius 3 is 2.25 bits per heavy atom.